The maximum Gasteiger partial charge on any atom is 0.306 e. The standard InChI is InChI=1S/C14H20O3S/c1-10-8-12(9-11(2)14(10)16)4-5-13(15)17-6-3-7-18/h8-9,16,18H,3-7H2,1-2H3. The van der Waals surface area contributed by atoms with Crippen molar-refractivity contribution in [1.29, 1.82) is 0 Å². The first-order valence-electron chi connectivity index (χ1n) is 6.10. The Labute approximate surface area is 114 Å². The summed E-state index contributed by atoms with van der Waals surface area (Å²) in [6, 6.07) is 3.81. The molecule has 0 heterocycles. The molecule has 0 aliphatic rings. The van der Waals surface area contributed by atoms with Crippen LogP contribution in [-0.4, -0.2) is 23.4 Å². The number of ether oxygens (including phenoxy) is 1. The number of hydrogen-bond acceptors (Lipinski definition) is 4. The second-order valence-corrected chi connectivity index (χ2v) is 4.82. The molecule has 1 aromatic rings. The average molecular weight is 268 g/mol. The van der Waals surface area contributed by atoms with Crippen LogP contribution in [0.3, 0.4) is 0 Å². The Hall–Kier alpha value is -1.16. The van der Waals surface area contributed by atoms with E-state index in [2.05, 4.69) is 12.6 Å². The summed E-state index contributed by atoms with van der Waals surface area (Å²) < 4.78 is 5.05. The van der Waals surface area contributed by atoms with Gasteiger partial charge < -0.3 is 9.84 Å². The van der Waals surface area contributed by atoms with Gasteiger partial charge in [-0.05, 0) is 49.1 Å². The van der Waals surface area contributed by atoms with Crippen molar-refractivity contribution in [2.75, 3.05) is 12.4 Å². The summed E-state index contributed by atoms with van der Waals surface area (Å²) in [5, 5.41) is 9.65. The fourth-order valence-corrected chi connectivity index (χ4v) is 1.89. The number of aromatic hydroxyl groups is 1. The first-order chi connectivity index (χ1) is 8.54. The van der Waals surface area contributed by atoms with Gasteiger partial charge in [-0.15, -0.1) is 0 Å². The van der Waals surface area contributed by atoms with Gasteiger partial charge >= 0.3 is 5.97 Å². The minimum Gasteiger partial charge on any atom is -0.507 e. The maximum atomic E-state index is 11.4. The van der Waals surface area contributed by atoms with Crippen molar-refractivity contribution >= 4 is 18.6 Å². The second kappa shape index (κ2) is 7.31. The molecule has 4 heteroatoms. The SMILES string of the molecule is Cc1cc(CCC(=O)OCCCS)cc(C)c1O. The highest BCUT2D eigenvalue weighted by Gasteiger charge is 2.07. The topological polar surface area (TPSA) is 46.5 Å². The van der Waals surface area contributed by atoms with E-state index in [0.717, 1.165) is 28.9 Å². The van der Waals surface area contributed by atoms with Crippen LogP contribution in [0.25, 0.3) is 0 Å². The van der Waals surface area contributed by atoms with Crippen molar-refractivity contribution < 1.29 is 14.6 Å². The number of phenols is 1. The van der Waals surface area contributed by atoms with Crippen LogP contribution >= 0.6 is 12.6 Å². The van der Waals surface area contributed by atoms with Gasteiger partial charge in [-0.25, -0.2) is 0 Å². The quantitative estimate of drug-likeness (QED) is 0.474. The number of hydrogen-bond donors (Lipinski definition) is 2. The molecule has 0 amide bonds. The van der Waals surface area contributed by atoms with Crippen molar-refractivity contribution in [2.45, 2.75) is 33.1 Å². The van der Waals surface area contributed by atoms with Gasteiger partial charge in [0.1, 0.15) is 5.75 Å². The molecule has 3 nitrogen and oxygen atoms in total. The summed E-state index contributed by atoms with van der Waals surface area (Å²) in [6.45, 7) is 4.16. The summed E-state index contributed by atoms with van der Waals surface area (Å²) in [5.74, 6) is 0.874. The minimum absolute atomic E-state index is 0.180. The molecule has 1 N–H and O–H groups in total. The molecule has 0 radical (unpaired) electrons. The Morgan fingerprint density at radius 3 is 2.50 bits per heavy atom. The molecule has 0 aromatic heterocycles. The van der Waals surface area contributed by atoms with E-state index in [0.29, 0.717) is 25.2 Å². The van der Waals surface area contributed by atoms with Crippen LogP contribution in [0, 0.1) is 13.8 Å². The molecule has 1 aromatic carbocycles. The van der Waals surface area contributed by atoms with Gasteiger partial charge in [-0.1, -0.05) is 12.1 Å². The Morgan fingerprint density at radius 2 is 1.94 bits per heavy atom. The number of carbonyl (C=O) groups is 1. The van der Waals surface area contributed by atoms with Crippen molar-refractivity contribution in [2.24, 2.45) is 0 Å². The predicted octanol–water partition coefficient (Wildman–Crippen LogP) is 2.80. The van der Waals surface area contributed by atoms with Gasteiger partial charge in [-0.3, -0.25) is 4.79 Å². The van der Waals surface area contributed by atoms with E-state index in [9.17, 15) is 9.90 Å². The van der Waals surface area contributed by atoms with Crippen molar-refractivity contribution in [3.63, 3.8) is 0 Å². The van der Waals surface area contributed by atoms with Gasteiger partial charge in [0, 0.05) is 6.42 Å². The normalized spacial score (nSPS) is 10.4. The Balaban J connectivity index is 2.46. The molecule has 1 rings (SSSR count). The highest BCUT2D eigenvalue weighted by Crippen LogP contribution is 2.23. The molecule has 0 saturated heterocycles. The third-order valence-corrected chi connectivity index (χ3v) is 3.05. The second-order valence-electron chi connectivity index (χ2n) is 4.38. The molecule has 0 unspecified atom stereocenters. The number of aryl methyl sites for hydroxylation is 3. The van der Waals surface area contributed by atoms with E-state index in [1.54, 1.807) is 0 Å². The molecule has 18 heavy (non-hydrogen) atoms. The van der Waals surface area contributed by atoms with Crippen LogP contribution in [0.2, 0.25) is 0 Å². The molecular weight excluding hydrogens is 248 g/mol. The van der Waals surface area contributed by atoms with Crippen molar-refractivity contribution in [1.82, 2.24) is 0 Å². The Bertz CT molecular complexity index is 392. The van der Waals surface area contributed by atoms with Gasteiger partial charge in [-0.2, -0.15) is 12.6 Å². The highest BCUT2D eigenvalue weighted by atomic mass is 32.1. The van der Waals surface area contributed by atoms with Crippen molar-refractivity contribution in [3.05, 3.63) is 28.8 Å². The molecular formula is C14H20O3S. The fraction of sp³-hybridized carbons (Fsp3) is 0.500. The van der Waals surface area contributed by atoms with Gasteiger partial charge in [0.2, 0.25) is 0 Å². The lowest BCUT2D eigenvalue weighted by Crippen LogP contribution is -2.07. The number of thiol groups is 1. The number of esters is 1. The van der Waals surface area contributed by atoms with Crippen LogP contribution in [0.5, 0.6) is 5.75 Å². The third-order valence-electron chi connectivity index (χ3n) is 2.73. The van der Waals surface area contributed by atoms with Crippen molar-refractivity contribution in [3.8, 4) is 5.75 Å². The first-order valence-corrected chi connectivity index (χ1v) is 6.73. The van der Waals surface area contributed by atoms with Crippen LogP contribution in [0.15, 0.2) is 12.1 Å². The zero-order valence-electron chi connectivity index (χ0n) is 10.9. The Morgan fingerprint density at radius 1 is 1.33 bits per heavy atom. The van der Waals surface area contributed by atoms with E-state index in [-0.39, 0.29) is 5.97 Å². The number of rotatable bonds is 6. The lowest BCUT2D eigenvalue weighted by atomic mass is 10.0. The zero-order chi connectivity index (χ0) is 13.5. The third kappa shape index (κ3) is 4.61. The monoisotopic (exact) mass is 268 g/mol. The van der Waals surface area contributed by atoms with Crippen LogP contribution in [-0.2, 0) is 16.0 Å². The summed E-state index contributed by atoms with van der Waals surface area (Å²) in [5.41, 5.74) is 2.73. The van der Waals surface area contributed by atoms with E-state index in [4.69, 9.17) is 4.74 Å². The van der Waals surface area contributed by atoms with Gasteiger partial charge in [0.05, 0.1) is 6.61 Å². The Kier molecular flexibility index (Phi) is 6.05. The maximum absolute atomic E-state index is 11.4. The molecule has 0 bridgehead atoms. The molecule has 0 fully saturated rings. The molecule has 0 aliphatic carbocycles. The predicted molar refractivity (Wildman–Crippen MR) is 75.3 cm³/mol. The number of benzene rings is 1. The first kappa shape index (κ1) is 14.9. The molecule has 0 saturated carbocycles. The number of carbonyl (C=O) groups excluding carboxylic acids is 1. The molecule has 100 valence electrons. The van der Waals surface area contributed by atoms with E-state index in [1.807, 2.05) is 26.0 Å². The van der Waals surface area contributed by atoms with Gasteiger partial charge in [0.25, 0.3) is 0 Å². The number of phenolic OH excluding ortho intramolecular Hbond substituents is 1. The summed E-state index contributed by atoms with van der Waals surface area (Å²) in [6.07, 6.45) is 1.80. The fourth-order valence-electron chi connectivity index (χ4n) is 1.76. The summed E-state index contributed by atoms with van der Waals surface area (Å²) >= 11 is 4.05. The summed E-state index contributed by atoms with van der Waals surface area (Å²) in [4.78, 5) is 11.4. The van der Waals surface area contributed by atoms with E-state index in [1.165, 1.54) is 0 Å². The van der Waals surface area contributed by atoms with Gasteiger partial charge in [0.15, 0.2) is 0 Å². The lowest BCUT2D eigenvalue weighted by Gasteiger charge is -2.08. The highest BCUT2D eigenvalue weighted by molar-refractivity contribution is 7.80. The smallest absolute Gasteiger partial charge is 0.306 e. The van der Waals surface area contributed by atoms with E-state index < -0.39 is 0 Å². The van der Waals surface area contributed by atoms with Crippen LogP contribution < -0.4 is 0 Å². The zero-order valence-corrected chi connectivity index (χ0v) is 11.8. The average Bonchev–Trinajstić information content (AvgIpc) is 2.33. The minimum atomic E-state index is -0.180. The van der Waals surface area contributed by atoms with E-state index >= 15 is 0 Å². The largest absolute Gasteiger partial charge is 0.507 e. The van der Waals surface area contributed by atoms with Crippen LogP contribution in [0.1, 0.15) is 29.5 Å². The lowest BCUT2D eigenvalue weighted by molar-refractivity contribution is -0.143. The molecule has 0 atom stereocenters. The molecule has 0 aliphatic heterocycles. The van der Waals surface area contributed by atoms with Crippen LogP contribution in [0.4, 0.5) is 0 Å². The molecule has 0 spiro atoms. The summed E-state index contributed by atoms with van der Waals surface area (Å²) in [7, 11) is 0.